The minimum Gasteiger partial charge on any atom is -0.330 e. The predicted octanol–water partition coefficient (Wildman–Crippen LogP) is 1.92. The Kier molecular flexibility index (Phi) is 1.90. The predicted molar refractivity (Wildman–Crippen MR) is 35.9 cm³/mol. The van der Waals surface area contributed by atoms with E-state index in [9.17, 15) is 13.2 Å². The van der Waals surface area contributed by atoms with Gasteiger partial charge in [0.25, 0.3) is 0 Å². The van der Waals surface area contributed by atoms with E-state index in [2.05, 4.69) is 0 Å². The third kappa shape index (κ3) is 1.24. The average molecular weight is 167 g/mol. The van der Waals surface area contributed by atoms with Crippen LogP contribution in [0, 0.1) is 11.3 Å². The third-order valence-electron chi connectivity index (χ3n) is 2.65. The lowest BCUT2D eigenvalue weighted by molar-refractivity contribution is -0.200. The zero-order valence-corrected chi connectivity index (χ0v) is 6.41. The first-order valence-electron chi connectivity index (χ1n) is 3.71. The number of nitrogens with two attached hydrogens (primary N) is 1. The topological polar surface area (TPSA) is 26.0 Å². The van der Waals surface area contributed by atoms with Crippen LogP contribution >= 0.6 is 0 Å². The summed E-state index contributed by atoms with van der Waals surface area (Å²) in [5.74, 6) is -0.428. The normalized spacial score (nSPS) is 24.8. The lowest BCUT2D eigenvalue weighted by Crippen LogP contribution is -2.34. The molecule has 0 bridgehead atoms. The quantitative estimate of drug-likeness (QED) is 0.668. The second-order valence-corrected chi connectivity index (χ2v) is 3.29. The zero-order chi connectivity index (χ0) is 8.70. The second kappa shape index (κ2) is 2.37. The van der Waals surface area contributed by atoms with Crippen molar-refractivity contribution >= 4 is 0 Å². The number of hydrogen-bond donors (Lipinski definition) is 1. The number of halogens is 3. The maximum Gasteiger partial charge on any atom is 0.394 e. The Morgan fingerprint density at radius 2 is 1.91 bits per heavy atom. The van der Waals surface area contributed by atoms with Gasteiger partial charge >= 0.3 is 6.18 Å². The first-order chi connectivity index (χ1) is 4.94. The summed E-state index contributed by atoms with van der Waals surface area (Å²) in [7, 11) is 0. The summed E-state index contributed by atoms with van der Waals surface area (Å²) in [5, 5.41) is 0. The molecule has 0 saturated heterocycles. The molecular formula is C7H12F3N. The maximum absolute atomic E-state index is 12.3. The highest BCUT2D eigenvalue weighted by Gasteiger charge is 2.65. The lowest BCUT2D eigenvalue weighted by atomic mass is 9.90. The highest BCUT2D eigenvalue weighted by Crippen LogP contribution is 2.61. The van der Waals surface area contributed by atoms with Crippen LogP contribution in [0.3, 0.4) is 0 Å². The summed E-state index contributed by atoms with van der Waals surface area (Å²) in [4.78, 5) is 0. The zero-order valence-electron chi connectivity index (χ0n) is 6.41. The van der Waals surface area contributed by atoms with Gasteiger partial charge in [-0.05, 0) is 25.3 Å². The van der Waals surface area contributed by atoms with Crippen molar-refractivity contribution in [3.05, 3.63) is 0 Å². The average Bonchev–Trinajstić information content (AvgIpc) is 2.63. The molecule has 66 valence electrons. The molecule has 1 atom stereocenters. The molecule has 0 aromatic rings. The lowest BCUT2D eigenvalue weighted by Gasteiger charge is -2.24. The summed E-state index contributed by atoms with van der Waals surface area (Å²) < 4.78 is 36.8. The van der Waals surface area contributed by atoms with Crippen LogP contribution in [0.25, 0.3) is 0 Å². The van der Waals surface area contributed by atoms with Gasteiger partial charge in [-0.25, -0.2) is 0 Å². The van der Waals surface area contributed by atoms with Gasteiger partial charge in [-0.3, -0.25) is 0 Å². The monoisotopic (exact) mass is 167 g/mol. The largest absolute Gasteiger partial charge is 0.394 e. The summed E-state index contributed by atoms with van der Waals surface area (Å²) in [6.45, 7) is 1.69. The fourth-order valence-electron chi connectivity index (χ4n) is 1.42. The van der Waals surface area contributed by atoms with E-state index in [4.69, 9.17) is 5.73 Å². The van der Waals surface area contributed by atoms with Crippen LogP contribution in [0.5, 0.6) is 0 Å². The van der Waals surface area contributed by atoms with Crippen LogP contribution in [0.2, 0.25) is 0 Å². The van der Waals surface area contributed by atoms with Crippen molar-refractivity contribution in [2.45, 2.75) is 25.9 Å². The van der Waals surface area contributed by atoms with Crippen LogP contribution in [0.15, 0.2) is 0 Å². The van der Waals surface area contributed by atoms with Gasteiger partial charge in [0.1, 0.15) is 0 Å². The molecule has 2 N–H and O–H groups in total. The molecule has 0 radical (unpaired) electrons. The summed E-state index contributed by atoms with van der Waals surface area (Å²) >= 11 is 0. The van der Waals surface area contributed by atoms with Crippen molar-refractivity contribution in [3.63, 3.8) is 0 Å². The van der Waals surface area contributed by atoms with Gasteiger partial charge in [-0.2, -0.15) is 13.2 Å². The first kappa shape index (κ1) is 8.84. The van der Waals surface area contributed by atoms with E-state index >= 15 is 0 Å². The standard InChI is InChI=1S/C7H12F3N/c1-5(4-11)6(2-3-6)7(8,9)10/h5H,2-4,11H2,1H3. The Morgan fingerprint density at radius 3 is 2.00 bits per heavy atom. The van der Waals surface area contributed by atoms with Gasteiger partial charge < -0.3 is 5.73 Å². The highest BCUT2D eigenvalue weighted by atomic mass is 19.4. The third-order valence-corrected chi connectivity index (χ3v) is 2.65. The molecule has 1 saturated carbocycles. The van der Waals surface area contributed by atoms with Crippen molar-refractivity contribution in [3.8, 4) is 0 Å². The van der Waals surface area contributed by atoms with E-state index in [0.717, 1.165) is 0 Å². The van der Waals surface area contributed by atoms with Crippen molar-refractivity contribution in [1.29, 1.82) is 0 Å². The Morgan fingerprint density at radius 1 is 1.45 bits per heavy atom. The Bertz CT molecular complexity index is 148. The smallest absolute Gasteiger partial charge is 0.330 e. The van der Waals surface area contributed by atoms with Gasteiger partial charge in [0, 0.05) is 0 Å². The van der Waals surface area contributed by atoms with E-state index in [0.29, 0.717) is 0 Å². The Labute approximate surface area is 63.8 Å². The molecular weight excluding hydrogens is 155 g/mol. The van der Waals surface area contributed by atoms with Gasteiger partial charge in [-0.1, -0.05) is 6.92 Å². The van der Waals surface area contributed by atoms with E-state index in [1.807, 2.05) is 0 Å². The molecule has 0 aromatic heterocycles. The van der Waals surface area contributed by atoms with Crippen molar-refractivity contribution in [1.82, 2.24) is 0 Å². The molecule has 4 heteroatoms. The Hall–Kier alpha value is -0.250. The molecule has 0 heterocycles. The molecule has 0 amide bonds. The van der Waals surface area contributed by atoms with Crippen LogP contribution in [-0.4, -0.2) is 12.7 Å². The summed E-state index contributed by atoms with van der Waals surface area (Å²) in [6, 6.07) is 0. The molecule has 1 rings (SSSR count). The number of alkyl halides is 3. The molecule has 1 aliphatic carbocycles. The minimum absolute atomic E-state index is 0.125. The van der Waals surface area contributed by atoms with Crippen LogP contribution in [0.1, 0.15) is 19.8 Å². The summed E-state index contributed by atoms with van der Waals surface area (Å²) in [6.07, 6.45) is -3.53. The van der Waals surface area contributed by atoms with Gasteiger partial charge in [0.15, 0.2) is 0 Å². The molecule has 1 nitrogen and oxygen atoms in total. The molecule has 0 aromatic carbocycles. The van der Waals surface area contributed by atoms with E-state index < -0.39 is 17.5 Å². The number of rotatable bonds is 2. The molecule has 0 spiro atoms. The van der Waals surface area contributed by atoms with Gasteiger partial charge in [0.2, 0.25) is 0 Å². The van der Waals surface area contributed by atoms with E-state index in [-0.39, 0.29) is 19.4 Å². The van der Waals surface area contributed by atoms with E-state index in [1.54, 1.807) is 6.92 Å². The number of hydrogen-bond acceptors (Lipinski definition) is 1. The fraction of sp³-hybridized carbons (Fsp3) is 1.00. The molecule has 1 unspecified atom stereocenters. The maximum atomic E-state index is 12.3. The van der Waals surface area contributed by atoms with Gasteiger partial charge in [-0.15, -0.1) is 0 Å². The van der Waals surface area contributed by atoms with Crippen molar-refractivity contribution in [2.24, 2.45) is 17.1 Å². The fourth-order valence-corrected chi connectivity index (χ4v) is 1.42. The summed E-state index contributed by atoms with van der Waals surface area (Å²) in [5.41, 5.74) is 3.77. The van der Waals surface area contributed by atoms with E-state index in [1.165, 1.54) is 0 Å². The molecule has 0 aliphatic heterocycles. The van der Waals surface area contributed by atoms with Crippen molar-refractivity contribution < 1.29 is 13.2 Å². The minimum atomic E-state index is -4.05. The van der Waals surface area contributed by atoms with Crippen LogP contribution in [0.4, 0.5) is 13.2 Å². The Balaban J connectivity index is 2.68. The van der Waals surface area contributed by atoms with Gasteiger partial charge in [0.05, 0.1) is 5.41 Å². The highest BCUT2D eigenvalue weighted by molar-refractivity contribution is 5.02. The first-order valence-corrected chi connectivity index (χ1v) is 3.71. The molecule has 11 heavy (non-hydrogen) atoms. The van der Waals surface area contributed by atoms with Crippen molar-refractivity contribution in [2.75, 3.05) is 6.54 Å². The molecule has 1 fully saturated rings. The molecule has 1 aliphatic rings. The second-order valence-electron chi connectivity index (χ2n) is 3.29. The SMILES string of the molecule is CC(CN)C1(C(F)(F)F)CC1. The van der Waals surface area contributed by atoms with Crippen LogP contribution < -0.4 is 5.73 Å². The van der Waals surface area contributed by atoms with Crippen LogP contribution in [-0.2, 0) is 0 Å².